The third-order valence-electron chi connectivity index (χ3n) is 7.70. The van der Waals surface area contributed by atoms with Crippen molar-refractivity contribution in [3.8, 4) is 17.0 Å². The Hall–Kier alpha value is -3.57. The zero-order chi connectivity index (χ0) is 29.2. The van der Waals surface area contributed by atoms with Gasteiger partial charge >= 0.3 is 12.1 Å². The highest BCUT2D eigenvalue weighted by atomic mass is 35.5. The van der Waals surface area contributed by atoms with Crippen LogP contribution in [0.3, 0.4) is 0 Å². The molecule has 2 atom stereocenters. The average Bonchev–Trinajstić information content (AvgIpc) is 3.35. The van der Waals surface area contributed by atoms with E-state index in [9.17, 15) is 18.0 Å². The van der Waals surface area contributed by atoms with Crippen molar-refractivity contribution in [2.24, 2.45) is 5.41 Å². The summed E-state index contributed by atoms with van der Waals surface area (Å²) in [4.78, 5) is 22.4. The maximum absolute atomic E-state index is 14.5. The number of benzene rings is 2. The van der Waals surface area contributed by atoms with Crippen molar-refractivity contribution < 1.29 is 27.4 Å². The summed E-state index contributed by atoms with van der Waals surface area (Å²) in [5, 5.41) is 3.57. The summed E-state index contributed by atoms with van der Waals surface area (Å²) in [6.45, 7) is 3.98. The lowest BCUT2D eigenvalue weighted by Crippen LogP contribution is -2.41. The lowest BCUT2D eigenvalue weighted by molar-refractivity contribution is -0.198. The number of nitrogen functional groups attached to an aromatic ring is 1. The van der Waals surface area contributed by atoms with Crippen molar-refractivity contribution in [1.29, 1.82) is 0 Å². The van der Waals surface area contributed by atoms with Gasteiger partial charge in [-0.15, -0.1) is 0 Å². The third kappa shape index (κ3) is 6.51. The van der Waals surface area contributed by atoms with E-state index in [0.29, 0.717) is 54.6 Å². The summed E-state index contributed by atoms with van der Waals surface area (Å²) in [6.07, 6.45) is -4.87. The van der Waals surface area contributed by atoms with Gasteiger partial charge in [-0.05, 0) is 54.9 Å². The Morgan fingerprint density at radius 3 is 2.59 bits per heavy atom. The molecule has 2 aliphatic rings. The first kappa shape index (κ1) is 28.9. The van der Waals surface area contributed by atoms with Crippen molar-refractivity contribution in [3.05, 3.63) is 65.2 Å². The van der Waals surface area contributed by atoms with Gasteiger partial charge in [0.05, 0.1) is 6.61 Å². The van der Waals surface area contributed by atoms with Crippen molar-refractivity contribution in [2.75, 3.05) is 36.9 Å². The van der Waals surface area contributed by atoms with Gasteiger partial charge < -0.3 is 25.4 Å². The number of hydrogen-bond acceptors (Lipinski definition) is 8. The number of rotatable bonds is 7. The van der Waals surface area contributed by atoms with Crippen LogP contribution in [0.1, 0.15) is 37.9 Å². The number of nitrogens with one attached hydrogen (secondary N) is 1. The Morgan fingerprint density at radius 1 is 1.17 bits per heavy atom. The molecule has 2 aromatic carbocycles. The molecule has 3 N–H and O–H groups in total. The van der Waals surface area contributed by atoms with Gasteiger partial charge in [0, 0.05) is 36.3 Å². The Kier molecular flexibility index (Phi) is 8.28. The Bertz CT molecular complexity index is 1380. The normalized spacial score (nSPS) is 19.2. The first-order chi connectivity index (χ1) is 19.6. The van der Waals surface area contributed by atoms with Crippen LogP contribution in [0, 0.1) is 5.41 Å². The lowest BCUT2D eigenvalue weighted by Gasteiger charge is -2.39. The molecular weight excluding hydrogens is 559 g/mol. The summed E-state index contributed by atoms with van der Waals surface area (Å²) in [7, 11) is 0. The lowest BCUT2D eigenvalue weighted by atomic mass is 9.76. The molecule has 8 nitrogen and oxygen atoms in total. The van der Waals surface area contributed by atoms with Gasteiger partial charge in [-0.25, -0.2) is 0 Å². The number of nitrogens with two attached hydrogens (primary N) is 1. The van der Waals surface area contributed by atoms with Gasteiger partial charge in [0.15, 0.2) is 0 Å². The second-order valence-electron chi connectivity index (χ2n) is 10.4. The van der Waals surface area contributed by atoms with E-state index in [-0.39, 0.29) is 34.8 Å². The minimum Gasteiger partial charge on any atom is -0.465 e. The average molecular weight is 590 g/mol. The molecule has 0 amide bonds. The van der Waals surface area contributed by atoms with Gasteiger partial charge in [-0.3, -0.25) is 4.79 Å². The zero-order valence-corrected chi connectivity index (χ0v) is 23.2. The topological polar surface area (TPSA) is 103 Å². The number of alkyl halides is 3. The summed E-state index contributed by atoms with van der Waals surface area (Å²) < 4.78 is 54.1. The van der Waals surface area contributed by atoms with E-state index in [2.05, 4.69) is 15.3 Å². The number of ether oxygens (including phenoxy) is 2. The molecule has 1 aromatic heterocycles. The molecule has 41 heavy (non-hydrogen) atoms. The minimum atomic E-state index is -4.76. The number of anilines is 2. The van der Waals surface area contributed by atoms with Crippen LogP contribution in [-0.2, 0) is 9.53 Å². The van der Waals surface area contributed by atoms with Gasteiger partial charge in [0.1, 0.15) is 11.9 Å². The molecule has 1 unspecified atom stereocenters. The van der Waals surface area contributed by atoms with Crippen LogP contribution in [0.2, 0.25) is 5.02 Å². The van der Waals surface area contributed by atoms with E-state index in [0.717, 1.165) is 12.8 Å². The molecule has 0 saturated carbocycles. The monoisotopic (exact) mass is 589 g/mol. The predicted octanol–water partition coefficient (Wildman–Crippen LogP) is 5.57. The Labute approximate surface area is 241 Å². The highest BCUT2D eigenvalue weighted by Gasteiger charge is 2.46. The number of carbonyl (C=O) groups excluding carboxylic acids is 1. The fourth-order valence-electron chi connectivity index (χ4n) is 5.62. The summed E-state index contributed by atoms with van der Waals surface area (Å²) in [6, 6.07) is 13.9. The quantitative estimate of drug-likeness (QED) is 0.345. The molecule has 2 aliphatic heterocycles. The molecule has 218 valence electrons. The molecule has 3 heterocycles. The van der Waals surface area contributed by atoms with Crippen molar-refractivity contribution in [2.45, 2.75) is 44.5 Å². The Morgan fingerprint density at radius 2 is 1.90 bits per heavy atom. The molecule has 1 spiro atoms. The van der Waals surface area contributed by atoms with E-state index in [1.54, 1.807) is 37.3 Å². The highest BCUT2D eigenvalue weighted by Crippen LogP contribution is 2.43. The largest absolute Gasteiger partial charge is 0.465 e. The number of aromatic nitrogens is 2. The van der Waals surface area contributed by atoms with Crippen LogP contribution in [0.25, 0.3) is 11.1 Å². The molecule has 2 saturated heterocycles. The summed E-state index contributed by atoms with van der Waals surface area (Å²) in [5.41, 5.74) is 6.65. The van der Waals surface area contributed by atoms with E-state index >= 15 is 0 Å². The fourth-order valence-corrected chi connectivity index (χ4v) is 5.79. The number of esters is 1. The number of nitrogens with zero attached hydrogens (tertiary/aromatic N) is 3. The standard InChI is InChI=1S/C29H31ClF3N5O3/c1-2-40-26(39)22-16-28(17-35-22)10-12-38(13-11-28)23-15-24(37-27(34)36-23)41-25(29(31,32)33)20-9-8-19(30)14-21(20)18-6-4-3-5-7-18/h3-9,14-15,22,25,35H,2,10-13,16-17H2,1H3,(H2,34,36,37)/t22-,25?/m0/s1. The second-order valence-corrected chi connectivity index (χ2v) is 10.9. The molecule has 0 bridgehead atoms. The zero-order valence-electron chi connectivity index (χ0n) is 22.5. The molecule has 0 aliphatic carbocycles. The van der Waals surface area contributed by atoms with Crippen molar-refractivity contribution in [1.82, 2.24) is 15.3 Å². The molecule has 5 rings (SSSR count). The summed E-state index contributed by atoms with van der Waals surface area (Å²) >= 11 is 6.16. The van der Waals surface area contributed by atoms with E-state index in [1.807, 2.05) is 4.90 Å². The van der Waals surface area contributed by atoms with Crippen LogP contribution in [0.15, 0.2) is 54.6 Å². The molecular formula is C29H31ClF3N5O3. The van der Waals surface area contributed by atoms with Gasteiger partial charge in [-0.1, -0.05) is 48.0 Å². The van der Waals surface area contributed by atoms with Crippen LogP contribution in [0.5, 0.6) is 5.88 Å². The number of halogens is 4. The third-order valence-corrected chi connectivity index (χ3v) is 7.94. The van der Waals surface area contributed by atoms with Gasteiger partial charge in [0.2, 0.25) is 17.9 Å². The van der Waals surface area contributed by atoms with E-state index in [1.165, 1.54) is 24.3 Å². The van der Waals surface area contributed by atoms with Crippen molar-refractivity contribution in [3.63, 3.8) is 0 Å². The number of carbonyl (C=O) groups is 1. The second kappa shape index (κ2) is 11.7. The van der Waals surface area contributed by atoms with Crippen molar-refractivity contribution >= 4 is 29.3 Å². The Balaban J connectivity index is 1.36. The first-order valence-electron chi connectivity index (χ1n) is 13.4. The predicted molar refractivity (Wildman–Crippen MR) is 150 cm³/mol. The molecule has 2 fully saturated rings. The van der Waals surface area contributed by atoms with E-state index < -0.39 is 12.3 Å². The fraction of sp³-hybridized carbons (Fsp3) is 0.414. The van der Waals surface area contributed by atoms with Crippen LogP contribution in [0.4, 0.5) is 24.9 Å². The smallest absolute Gasteiger partial charge is 0.429 e. The number of hydrogen-bond donors (Lipinski definition) is 2. The van der Waals surface area contributed by atoms with Gasteiger partial charge in [-0.2, -0.15) is 23.1 Å². The maximum atomic E-state index is 14.5. The molecule has 3 aromatic rings. The summed E-state index contributed by atoms with van der Waals surface area (Å²) in [5.74, 6) is -0.333. The number of piperidine rings is 1. The van der Waals surface area contributed by atoms with E-state index in [4.69, 9.17) is 26.8 Å². The first-order valence-corrected chi connectivity index (χ1v) is 13.8. The minimum absolute atomic E-state index is 0.0599. The van der Waals surface area contributed by atoms with Crippen LogP contribution >= 0.6 is 11.6 Å². The maximum Gasteiger partial charge on any atom is 0.429 e. The van der Waals surface area contributed by atoms with Crippen LogP contribution in [-0.4, -0.2) is 54.4 Å². The van der Waals surface area contributed by atoms with Crippen LogP contribution < -0.4 is 20.7 Å². The highest BCUT2D eigenvalue weighted by molar-refractivity contribution is 6.30. The van der Waals surface area contributed by atoms with Gasteiger partial charge in [0.25, 0.3) is 0 Å². The molecule has 12 heteroatoms. The SMILES string of the molecule is CCOC(=O)[C@@H]1CC2(CCN(c3cc(OC(c4ccc(Cl)cc4-c4ccccc4)C(F)(F)F)nc(N)n3)CC2)CN1. The molecule has 0 radical (unpaired) electrons.